The number of nitrogens with zero attached hydrogens (tertiary/aromatic N) is 1. The van der Waals surface area contributed by atoms with Crippen LogP contribution in [0.1, 0.15) is 56.3 Å². The summed E-state index contributed by atoms with van der Waals surface area (Å²) in [6, 6.07) is 3.43. The number of hydrogen-bond donors (Lipinski definition) is 1. The van der Waals surface area contributed by atoms with Gasteiger partial charge in [-0.3, -0.25) is 0 Å². The number of aliphatic hydroxyl groups excluding tert-OH is 1. The number of rotatable bonds is 2. The summed E-state index contributed by atoms with van der Waals surface area (Å²) in [5, 5.41) is 9.99. The molecule has 1 aliphatic heterocycles. The molecule has 0 radical (unpaired) electrons. The van der Waals surface area contributed by atoms with Crippen LogP contribution in [0.2, 0.25) is 0 Å². The number of halogens is 1. The molecule has 1 heterocycles. The Labute approximate surface area is 127 Å². The van der Waals surface area contributed by atoms with Crippen LogP contribution >= 0.6 is 0 Å². The molecule has 2 aliphatic rings. The van der Waals surface area contributed by atoms with Gasteiger partial charge in [-0.05, 0) is 56.2 Å². The van der Waals surface area contributed by atoms with Crippen molar-refractivity contribution >= 4 is 5.69 Å². The lowest BCUT2D eigenvalue weighted by atomic mass is 9.75. The van der Waals surface area contributed by atoms with Crippen molar-refractivity contribution in [3.63, 3.8) is 0 Å². The van der Waals surface area contributed by atoms with Crippen molar-refractivity contribution in [2.24, 2.45) is 11.8 Å². The smallest absolute Gasteiger partial charge is 0.126 e. The van der Waals surface area contributed by atoms with Gasteiger partial charge in [0, 0.05) is 24.3 Å². The molecule has 1 saturated carbocycles. The topological polar surface area (TPSA) is 23.5 Å². The first-order valence-corrected chi connectivity index (χ1v) is 8.29. The molecule has 0 bridgehead atoms. The Morgan fingerprint density at radius 2 is 1.90 bits per heavy atom. The van der Waals surface area contributed by atoms with Gasteiger partial charge in [-0.2, -0.15) is 0 Å². The Kier molecular flexibility index (Phi) is 4.21. The number of aryl methyl sites for hydroxylation is 1. The third-order valence-electron chi connectivity index (χ3n) is 5.39. The molecule has 0 spiro atoms. The van der Waals surface area contributed by atoms with Crippen LogP contribution < -0.4 is 4.90 Å². The minimum Gasteiger partial charge on any atom is -0.389 e. The minimum absolute atomic E-state index is 0.220. The first-order chi connectivity index (χ1) is 10.1. The predicted molar refractivity (Wildman–Crippen MR) is 84.0 cm³/mol. The molecule has 0 aromatic heterocycles. The van der Waals surface area contributed by atoms with E-state index in [4.69, 9.17) is 0 Å². The van der Waals surface area contributed by atoms with E-state index in [0.29, 0.717) is 5.56 Å². The predicted octanol–water partition coefficient (Wildman–Crippen LogP) is 4.20. The van der Waals surface area contributed by atoms with Crippen LogP contribution in [-0.4, -0.2) is 18.2 Å². The summed E-state index contributed by atoms with van der Waals surface area (Å²) in [7, 11) is 0. The van der Waals surface area contributed by atoms with Gasteiger partial charge in [-0.25, -0.2) is 4.39 Å². The van der Waals surface area contributed by atoms with Gasteiger partial charge in [0.25, 0.3) is 0 Å². The van der Waals surface area contributed by atoms with Gasteiger partial charge in [0.15, 0.2) is 0 Å². The molecule has 2 unspecified atom stereocenters. The Balaban J connectivity index is 1.87. The maximum Gasteiger partial charge on any atom is 0.126 e. The van der Waals surface area contributed by atoms with Gasteiger partial charge in [-0.15, -0.1) is 0 Å². The van der Waals surface area contributed by atoms with Crippen molar-refractivity contribution in [1.82, 2.24) is 0 Å². The monoisotopic (exact) mass is 291 g/mol. The minimum atomic E-state index is -0.626. The van der Waals surface area contributed by atoms with E-state index in [-0.39, 0.29) is 5.82 Å². The molecule has 116 valence electrons. The molecule has 1 aromatic carbocycles. The quantitative estimate of drug-likeness (QED) is 0.882. The number of fused-ring (bicyclic) bond motifs is 1. The normalized spacial score (nSPS) is 27.3. The average Bonchev–Trinajstić information content (AvgIpc) is 2.49. The molecule has 0 amide bonds. The Hall–Kier alpha value is -1.09. The molecule has 3 atom stereocenters. The van der Waals surface area contributed by atoms with E-state index in [2.05, 4.69) is 4.90 Å². The zero-order valence-corrected chi connectivity index (χ0v) is 13.1. The van der Waals surface area contributed by atoms with Gasteiger partial charge in [-0.1, -0.05) is 19.3 Å². The first kappa shape index (κ1) is 14.8. The molecule has 3 heteroatoms. The fraction of sp³-hybridized carbons (Fsp3) is 0.667. The van der Waals surface area contributed by atoms with Crippen molar-refractivity contribution in [1.29, 1.82) is 0 Å². The third kappa shape index (κ3) is 2.94. The van der Waals surface area contributed by atoms with E-state index in [0.717, 1.165) is 36.2 Å². The maximum atomic E-state index is 13.8. The number of hydrogen-bond acceptors (Lipinski definition) is 2. The molecule has 2 fully saturated rings. The molecule has 1 saturated heterocycles. The summed E-state index contributed by atoms with van der Waals surface area (Å²) in [5.74, 6) is 1.44. The van der Waals surface area contributed by atoms with Crippen LogP contribution in [-0.2, 0) is 0 Å². The van der Waals surface area contributed by atoms with E-state index < -0.39 is 6.10 Å². The van der Waals surface area contributed by atoms with Crippen LogP contribution in [0.25, 0.3) is 0 Å². The Morgan fingerprint density at radius 1 is 1.19 bits per heavy atom. The number of benzene rings is 1. The largest absolute Gasteiger partial charge is 0.389 e. The molecule has 2 nitrogen and oxygen atoms in total. The van der Waals surface area contributed by atoms with E-state index >= 15 is 0 Å². The molecular formula is C18H26FNO. The number of aliphatic hydroxyl groups is 1. The van der Waals surface area contributed by atoms with Crippen LogP contribution in [0.4, 0.5) is 10.1 Å². The fourth-order valence-corrected chi connectivity index (χ4v) is 4.11. The van der Waals surface area contributed by atoms with Crippen LogP contribution in [0.15, 0.2) is 12.1 Å². The zero-order chi connectivity index (χ0) is 15.0. The molecular weight excluding hydrogens is 265 g/mol. The summed E-state index contributed by atoms with van der Waals surface area (Å²) < 4.78 is 13.8. The summed E-state index contributed by atoms with van der Waals surface area (Å²) in [5.41, 5.74) is 2.43. The number of piperidine rings is 1. The summed E-state index contributed by atoms with van der Waals surface area (Å²) in [4.78, 5) is 2.38. The highest BCUT2D eigenvalue weighted by Crippen LogP contribution is 2.39. The van der Waals surface area contributed by atoms with E-state index in [1.807, 2.05) is 6.07 Å². The van der Waals surface area contributed by atoms with Crippen LogP contribution in [0.3, 0.4) is 0 Å². The molecule has 3 rings (SSSR count). The average molecular weight is 291 g/mol. The lowest BCUT2D eigenvalue weighted by Gasteiger charge is -2.43. The van der Waals surface area contributed by atoms with Crippen LogP contribution in [0.5, 0.6) is 0 Å². The van der Waals surface area contributed by atoms with Crippen molar-refractivity contribution in [2.45, 2.75) is 52.1 Å². The SMILES string of the molecule is Cc1cc(N2CCC3CCCCC3C2)c([C@@H](C)O)cc1F. The Morgan fingerprint density at radius 3 is 2.62 bits per heavy atom. The highest BCUT2D eigenvalue weighted by atomic mass is 19.1. The van der Waals surface area contributed by atoms with Gasteiger partial charge in [0.05, 0.1) is 6.10 Å². The highest BCUT2D eigenvalue weighted by molar-refractivity contribution is 5.57. The van der Waals surface area contributed by atoms with E-state index in [1.165, 1.54) is 38.2 Å². The van der Waals surface area contributed by atoms with Crippen molar-refractivity contribution in [2.75, 3.05) is 18.0 Å². The second kappa shape index (κ2) is 5.96. The van der Waals surface area contributed by atoms with Crippen molar-refractivity contribution in [3.05, 3.63) is 29.1 Å². The van der Waals surface area contributed by atoms with Gasteiger partial charge >= 0.3 is 0 Å². The lowest BCUT2D eigenvalue weighted by molar-refractivity contribution is 0.193. The van der Waals surface area contributed by atoms with E-state index in [1.54, 1.807) is 13.8 Å². The molecule has 1 aliphatic carbocycles. The van der Waals surface area contributed by atoms with Crippen LogP contribution in [0, 0.1) is 24.6 Å². The molecule has 1 aromatic rings. The second-order valence-electron chi connectivity index (χ2n) is 6.88. The number of anilines is 1. The van der Waals surface area contributed by atoms with E-state index in [9.17, 15) is 9.50 Å². The van der Waals surface area contributed by atoms with Gasteiger partial charge in [0.1, 0.15) is 5.82 Å². The first-order valence-electron chi connectivity index (χ1n) is 8.29. The highest BCUT2D eigenvalue weighted by Gasteiger charge is 2.32. The zero-order valence-electron chi connectivity index (χ0n) is 13.1. The standard InChI is InChI=1S/C18H26FNO/c1-12-9-18(16(13(2)21)10-17(12)19)20-8-7-14-5-3-4-6-15(14)11-20/h9-10,13-15,21H,3-8,11H2,1-2H3/t13-,14?,15?/m1/s1. The third-order valence-corrected chi connectivity index (χ3v) is 5.39. The molecule has 21 heavy (non-hydrogen) atoms. The van der Waals surface area contributed by atoms with Crippen molar-refractivity contribution < 1.29 is 9.50 Å². The lowest BCUT2D eigenvalue weighted by Crippen LogP contribution is -2.42. The summed E-state index contributed by atoms with van der Waals surface area (Å²) in [6.45, 7) is 5.63. The second-order valence-corrected chi connectivity index (χ2v) is 6.88. The summed E-state index contributed by atoms with van der Waals surface area (Å²) in [6.07, 6.45) is 6.05. The van der Waals surface area contributed by atoms with Gasteiger partial charge in [0.2, 0.25) is 0 Å². The molecule has 1 N–H and O–H groups in total. The fourth-order valence-electron chi connectivity index (χ4n) is 4.11. The Bertz CT molecular complexity index is 514. The summed E-state index contributed by atoms with van der Waals surface area (Å²) >= 11 is 0. The maximum absolute atomic E-state index is 13.8. The van der Waals surface area contributed by atoms with Crippen molar-refractivity contribution in [3.8, 4) is 0 Å². The van der Waals surface area contributed by atoms with Gasteiger partial charge < -0.3 is 10.0 Å².